The molecule has 0 atom stereocenters. The summed E-state index contributed by atoms with van der Waals surface area (Å²) in [6.45, 7) is 2.29. The summed E-state index contributed by atoms with van der Waals surface area (Å²) in [5.74, 6) is -0.536. The monoisotopic (exact) mass is 206 g/mol. The van der Waals surface area contributed by atoms with Crippen LogP contribution in [0.5, 0.6) is 5.75 Å². The number of ether oxygens (including phenoxy) is 1. The van der Waals surface area contributed by atoms with Crippen LogP contribution in [0.1, 0.15) is 18.7 Å². The Kier molecular flexibility index (Phi) is 6.62. The molecule has 0 aromatic heterocycles. The molecule has 0 radical (unpaired) electrons. The molecule has 0 aliphatic heterocycles. The van der Waals surface area contributed by atoms with Crippen LogP contribution in [-0.2, 0) is 0 Å². The van der Waals surface area contributed by atoms with Crippen molar-refractivity contribution < 1.29 is 67.4 Å². The Hall–Kier alpha value is 0.126. The van der Waals surface area contributed by atoms with Gasteiger partial charge in [-0.15, -0.1) is 0 Å². The molecule has 1 aromatic rings. The summed E-state index contributed by atoms with van der Waals surface area (Å²) in [5, 5.41) is 8.71. The fraction of sp³-hybridized carbons (Fsp3) is 0.222. The topological polar surface area (TPSA) is 46.5 Å². The standard InChI is InChI=1S/C9H10O3.K.H/c1-2-12-8-6-4-3-5-7(8)9(10)11;;/h3-6H,2H2,1H3,(H,10,11);;/q;+1;-1. The third kappa shape index (κ3) is 3.78. The fourth-order valence-electron chi connectivity index (χ4n) is 0.925. The second-order valence-corrected chi connectivity index (χ2v) is 2.23. The Morgan fingerprint density at radius 1 is 1.54 bits per heavy atom. The first kappa shape index (κ1) is 13.1. The van der Waals surface area contributed by atoms with Crippen LogP contribution in [0, 0.1) is 0 Å². The predicted octanol–water partition coefficient (Wildman–Crippen LogP) is -1.10. The normalized spacial score (nSPS) is 8.69. The van der Waals surface area contributed by atoms with E-state index in [-0.39, 0.29) is 58.4 Å². The summed E-state index contributed by atoms with van der Waals surface area (Å²) in [4.78, 5) is 10.6. The molecule has 1 rings (SSSR count). The third-order valence-electron chi connectivity index (χ3n) is 1.42. The zero-order valence-electron chi connectivity index (χ0n) is 8.78. The van der Waals surface area contributed by atoms with Crippen LogP contribution in [0.15, 0.2) is 24.3 Å². The number of benzene rings is 1. The van der Waals surface area contributed by atoms with Crippen molar-refractivity contribution in [1.29, 1.82) is 0 Å². The van der Waals surface area contributed by atoms with Crippen molar-refractivity contribution in [2.45, 2.75) is 6.92 Å². The van der Waals surface area contributed by atoms with Gasteiger partial charge in [-0.3, -0.25) is 0 Å². The molecule has 3 nitrogen and oxygen atoms in total. The van der Waals surface area contributed by atoms with Crippen LogP contribution in [0.2, 0.25) is 0 Å². The van der Waals surface area contributed by atoms with E-state index >= 15 is 0 Å². The van der Waals surface area contributed by atoms with Crippen molar-refractivity contribution in [3.63, 3.8) is 0 Å². The van der Waals surface area contributed by atoms with Gasteiger partial charge in [-0.05, 0) is 19.1 Å². The Bertz CT molecular complexity index is 291. The van der Waals surface area contributed by atoms with Gasteiger partial charge in [0.1, 0.15) is 11.3 Å². The third-order valence-corrected chi connectivity index (χ3v) is 1.42. The number of carboxylic acid groups (broad SMARTS) is 1. The molecule has 4 heteroatoms. The number of carbonyl (C=O) groups is 1. The van der Waals surface area contributed by atoms with Gasteiger partial charge in [-0.1, -0.05) is 12.1 Å². The summed E-state index contributed by atoms with van der Waals surface area (Å²) in [6, 6.07) is 6.59. The fourth-order valence-corrected chi connectivity index (χ4v) is 0.925. The zero-order valence-corrected chi connectivity index (χ0v) is 10.9. The maximum absolute atomic E-state index is 10.6. The molecule has 13 heavy (non-hydrogen) atoms. The minimum Gasteiger partial charge on any atom is -1.00 e. The average Bonchev–Trinajstić information content (AvgIpc) is 2.05. The van der Waals surface area contributed by atoms with Gasteiger partial charge in [0.2, 0.25) is 0 Å². The van der Waals surface area contributed by atoms with E-state index in [9.17, 15) is 4.79 Å². The second-order valence-electron chi connectivity index (χ2n) is 2.23. The van der Waals surface area contributed by atoms with Crippen molar-refractivity contribution in [3.8, 4) is 5.75 Å². The van der Waals surface area contributed by atoms with Crippen LogP contribution in [-0.4, -0.2) is 17.7 Å². The summed E-state index contributed by atoms with van der Waals surface area (Å²) in [7, 11) is 0. The molecule has 0 amide bonds. The van der Waals surface area contributed by atoms with E-state index in [0.29, 0.717) is 12.4 Å². The van der Waals surface area contributed by atoms with Gasteiger partial charge in [-0.2, -0.15) is 0 Å². The number of hydrogen-bond acceptors (Lipinski definition) is 2. The molecule has 0 spiro atoms. The number of hydrogen-bond donors (Lipinski definition) is 1. The number of rotatable bonds is 3. The SMILES string of the molecule is CCOc1ccccc1C(=O)O.[H-].[K+]. The van der Waals surface area contributed by atoms with E-state index < -0.39 is 5.97 Å². The van der Waals surface area contributed by atoms with E-state index in [2.05, 4.69) is 0 Å². The first-order valence-corrected chi connectivity index (χ1v) is 3.70. The van der Waals surface area contributed by atoms with E-state index in [1.807, 2.05) is 6.92 Å². The maximum Gasteiger partial charge on any atom is 1.00 e. The first-order chi connectivity index (χ1) is 5.75. The summed E-state index contributed by atoms with van der Waals surface area (Å²) >= 11 is 0. The van der Waals surface area contributed by atoms with Gasteiger partial charge in [0.25, 0.3) is 0 Å². The molecule has 0 aliphatic rings. The van der Waals surface area contributed by atoms with Crippen LogP contribution >= 0.6 is 0 Å². The van der Waals surface area contributed by atoms with Gasteiger partial charge in [-0.25, -0.2) is 4.79 Å². The van der Waals surface area contributed by atoms with E-state index in [0.717, 1.165) is 0 Å². The molecule has 1 aromatic carbocycles. The van der Waals surface area contributed by atoms with E-state index in [1.54, 1.807) is 18.2 Å². The summed E-state index contributed by atoms with van der Waals surface area (Å²) < 4.78 is 5.12. The van der Waals surface area contributed by atoms with Gasteiger partial charge < -0.3 is 11.3 Å². The van der Waals surface area contributed by atoms with E-state index in [4.69, 9.17) is 9.84 Å². The largest absolute Gasteiger partial charge is 1.00 e. The second kappa shape index (κ2) is 6.56. The first-order valence-electron chi connectivity index (χ1n) is 3.70. The molecule has 0 fully saturated rings. The Morgan fingerprint density at radius 2 is 2.15 bits per heavy atom. The molecule has 66 valence electrons. The van der Waals surface area contributed by atoms with Gasteiger partial charge in [0.15, 0.2) is 0 Å². The van der Waals surface area contributed by atoms with Crippen molar-refractivity contribution in [1.82, 2.24) is 0 Å². The molecule has 0 unspecified atom stereocenters. The summed E-state index contributed by atoms with van der Waals surface area (Å²) in [6.07, 6.45) is 0. The number of aromatic carboxylic acids is 1. The number of para-hydroxylation sites is 1. The molecule has 0 saturated heterocycles. The molecule has 0 heterocycles. The predicted molar refractivity (Wildman–Crippen MR) is 45.7 cm³/mol. The quantitative estimate of drug-likeness (QED) is 0.639. The Labute approximate surface area is 121 Å². The van der Waals surface area contributed by atoms with E-state index in [1.165, 1.54) is 6.07 Å². The van der Waals surface area contributed by atoms with Gasteiger partial charge in [0, 0.05) is 0 Å². The number of carboxylic acids is 1. The van der Waals surface area contributed by atoms with Gasteiger partial charge in [0.05, 0.1) is 6.61 Å². The van der Waals surface area contributed by atoms with Crippen molar-refractivity contribution in [2.24, 2.45) is 0 Å². The molecular formula is C9H11KO3. The van der Waals surface area contributed by atoms with Crippen LogP contribution in [0.3, 0.4) is 0 Å². The smallest absolute Gasteiger partial charge is 1.00 e. The van der Waals surface area contributed by atoms with Crippen LogP contribution in [0.25, 0.3) is 0 Å². The van der Waals surface area contributed by atoms with Crippen LogP contribution < -0.4 is 56.1 Å². The Morgan fingerprint density at radius 3 is 2.69 bits per heavy atom. The molecule has 0 bridgehead atoms. The molecule has 0 aliphatic carbocycles. The molecule has 1 N–H and O–H groups in total. The van der Waals surface area contributed by atoms with Crippen LogP contribution in [0.4, 0.5) is 0 Å². The minimum atomic E-state index is -0.959. The summed E-state index contributed by atoms with van der Waals surface area (Å²) in [5.41, 5.74) is 0.208. The average molecular weight is 206 g/mol. The van der Waals surface area contributed by atoms with Crippen molar-refractivity contribution in [2.75, 3.05) is 6.61 Å². The van der Waals surface area contributed by atoms with Crippen molar-refractivity contribution >= 4 is 5.97 Å². The molecule has 0 saturated carbocycles. The Balaban J connectivity index is 0. The van der Waals surface area contributed by atoms with Crippen molar-refractivity contribution in [3.05, 3.63) is 29.8 Å². The maximum atomic E-state index is 10.6. The van der Waals surface area contributed by atoms with Gasteiger partial charge >= 0.3 is 57.4 Å². The molecular weight excluding hydrogens is 195 g/mol. The zero-order chi connectivity index (χ0) is 8.97. The minimum absolute atomic E-state index is 0.